The summed E-state index contributed by atoms with van der Waals surface area (Å²) in [6.07, 6.45) is 1.42. The summed E-state index contributed by atoms with van der Waals surface area (Å²) in [4.78, 5) is 12.4. The van der Waals surface area contributed by atoms with Gasteiger partial charge in [-0.05, 0) is 42.7 Å². The Hall–Kier alpha value is -2.67. The Morgan fingerprint density at radius 2 is 1.88 bits per heavy atom. The lowest BCUT2D eigenvalue weighted by Crippen LogP contribution is -2.45. The minimum atomic E-state index is -3.27. The van der Waals surface area contributed by atoms with E-state index >= 15 is 0 Å². The van der Waals surface area contributed by atoms with E-state index in [4.69, 9.17) is 0 Å². The van der Waals surface area contributed by atoms with E-state index in [1.807, 2.05) is 32.0 Å². The zero-order valence-electron chi connectivity index (χ0n) is 14.8. The van der Waals surface area contributed by atoms with E-state index in [1.54, 1.807) is 13.0 Å². The van der Waals surface area contributed by atoms with Crippen LogP contribution in [0, 0.1) is 26.0 Å². The first-order valence-electron chi connectivity index (χ1n) is 8.20. The van der Waals surface area contributed by atoms with Crippen molar-refractivity contribution in [1.82, 2.24) is 5.32 Å². The number of amides is 1. The average molecular weight is 372 g/mol. The lowest BCUT2D eigenvalue weighted by molar-refractivity contribution is -0.614. The van der Waals surface area contributed by atoms with Crippen LogP contribution in [0.1, 0.15) is 27.3 Å². The van der Waals surface area contributed by atoms with E-state index in [0.29, 0.717) is 10.4 Å². The van der Waals surface area contributed by atoms with Crippen LogP contribution in [-0.2, 0) is 9.84 Å². The highest BCUT2D eigenvalue weighted by Gasteiger charge is 2.27. The van der Waals surface area contributed by atoms with Crippen molar-refractivity contribution in [3.8, 4) is 11.1 Å². The minimum Gasteiger partial charge on any atom is -0.618 e. The van der Waals surface area contributed by atoms with Gasteiger partial charge in [0.2, 0.25) is 0 Å². The average Bonchev–Trinajstić information content (AvgIpc) is 2.91. The number of nitrogens with one attached hydrogen (secondary N) is 1. The van der Waals surface area contributed by atoms with E-state index < -0.39 is 21.8 Å². The number of aryl methyl sites for hydroxylation is 2. The van der Waals surface area contributed by atoms with E-state index in [9.17, 15) is 18.4 Å². The molecule has 1 aliphatic heterocycles. The van der Waals surface area contributed by atoms with Gasteiger partial charge in [0.1, 0.15) is 0 Å². The first kappa shape index (κ1) is 18.1. The van der Waals surface area contributed by atoms with Gasteiger partial charge in [-0.25, -0.2) is 8.42 Å². The number of nitrogens with zero attached hydrogens (tertiary/aromatic N) is 1. The molecule has 136 valence electrons. The van der Waals surface area contributed by atoms with Crippen molar-refractivity contribution in [1.29, 1.82) is 0 Å². The first-order valence-corrected chi connectivity index (χ1v) is 9.92. The predicted molar refractivity (Wildman–Crippen MR) is 99.2 cm³/mol. The number of rotatable bonds is 3. The molecule has 0 spiro atoms. The molecular weight excluding hydrogens is 352 g/mol. The summed E-state index contributed by atoms with van der Waals surface area (Å²) in [6.45, 7) is 5.68. The maximum absolute atomic E-state index is 12.6. The molecule has 1 aromatic heterocycles. The smallest absolute Gasteiger partial charge is 0.317 e. The number of carbonyl (C=O) groups excluding carboxylic acids is 1. The van der Waals surface area contributed by atoms with Gasteiger partial charge in [0.25, 0.3) is 5.69 Å². The van der Waals surface area contributed by atoms with E-state index in [-0.39, 0.29) is 11.4 Å². The summed E-state index contributed by atoms with van der Waals surface area (Å²) >= 11 is 0. The molecule has 1 amide bonds. The van der Waals surface area contributed by atoms with Crippen LogP contribution in [0.25, 0.3) is 11.1 Å². The van der Waals surface area contributed by atoms with Crippen LogP contribution in [0.3, 0.4) is 0 Å². The van der Waals surface area contributed by atoms with Gasteiger partial charge in [-0.1, -0.05) is 18.2 Å². The molecule has 1 aromatic carbocycles. The maximum atomic E-state index is 12.6. The van der Waals surface area contributed by atoms with Crippen molar-refractivity contribution in [2.24, 2.45) is 0 Å². The SMILES string of the molecule is Cc1ccc(-c2ccc(C(=O)NC3C=CS(=O)(=O)C3)[n+]([O-])c2C)cc1C. The molecule has 26 heavy (non-hydrogen) atoms. The molecule has 0 saturated heterocycles. The highest BCUT2D eigenvalue weighted by Crippen LogP contribution is 2.24. The fourth-order valence-corrected chi connectivity index (χ4v) is 4.17. The molecule has 0 saturated carbocycles. The lowest BCUT2D eigenvalue weighted by Gasteiger charge is -2.13. The quantitative estimate of drug-likeness (QED) is 0.659. The van der Waals surface area contributed by atoms with E-state index in [1.165, 1.54) is 12.1 Å². The summed E-state index contributed by atoms with van der Waals surface area (Å²) in [7, 11) is -3.27. The summed E-state index contributed by atoms with van der Waals surface area (Å²) in [5, 5.41) is 16.2. The summed E-state index contributed by atoms with van der Waals surface area (Å²) in [5.74, 6) is -0.779. The fourth-order valence-electron chi connectivity index (χ4n) is 2.93. The van der Waals surface area contributed by atoms with Gasteiger partial charge in [-0.3, -0.25) is 4.79 Å². The predicted octanol–water partition coefficient (Wildman–Crippen LogP) is 1.95. The first-order chi connectivity index (χ1) is 12.2. The van der Waals surface area contributed by atoms with Crippen LogP contribution in [0.5, 0.6) is 0 Å². The van der Waals surface area contributed by atoms with E-state index in [2.05, 4.69) is 5.32 Å². The van der Waals surface area contributed by atoms with Crippen molar-refractivity contribution in [2.75, 3.05) is 5.75 Å². The molecule has 2 heterocycles. The molecule has 6 nitrogen and oxygen atoms in total. The zero-order chi connectivity index (χ0) is 19.1. The molecule has 1 atom stereocenters. The summed E-state index contributed by atoms with van der Waals surface area (Å²) in [5.41, 5.74) is 4.30. The van der Waals surface area contributed by atoms with Crippen molar-refractivity contribution >= 4 is 15.7 Å². The molecule has 1 N–H and O–H groups in total. The third-order valence-corrected chi connectivity index (χ3v) is 6.01. The molecular formula is C19H20N2O4S. The highest BCUT2D eigenvalue weighted by atomic mass is 32.2. The Labute approximate surface area is 152 Å². The standard InChI is InChI=1S/C19H20N2O4S/c1-12-4-5-15(10-13(12)2)17-6-7-18(21(23)14(17)3)19(22)20-16-8-9-26(24,25)11-16/h4-10,16H,11H2,1-3H3,(H,20,22). The van der Waals surface area contributed by atoms with Gasteiger partial charge in [-0.15, -0.1) is 0 Å². The molecule has 0 aliphatic carbocycles. The van der Waals surface area contributed by atoms with Gasteiger partial charge in [0.05, 0.1) is 17.4 Å². The van der Waals surface area contributed by atoms with Crippen LogP contribution >= 0.6 is 0 Å². The van der Waals surface area contributed by atoms with Gasteiger partial charge >= 0.3 is 5.91 Å². The third kappa shape index (κ3) is 3.48. The van der Waals surface area contributed by atoms with E-state index in [0.717, 1.165) is 27.7 Å². The number of pyridine rings is 1. The highest BCUT2D eigenvalue weighted by molar-refractivity contribution is 7.94. The van der Waals surface area contributed by atoms with Crippen molar-refractivity contribution < 1.29 is 17.9 Å². The molecule has 0 fully saturated rings. The Kier molecular flexibility index (Phi) is 4.58. The van der Waals surface area contributed by atoms with Gasteiger partial charge in [0.15, 0.2) is 15.5 Å². The van der Waals surface area contributed by atoms with Crippen molar-refractivity contribution in [2.45, 2.75) is 26.8 Å². The van der Waals surface area contributed by atoms with Gasteiger partial charge < -0.3 is 10.5 Å². The normalized spacial score (nSPS) is 18.0. The fraction of sp³-hybridized carbons (Fsp3) is 0.263. The topological polar surface area (TPSA) is 90.2 Å². The molecule has 1 unspecified atom stereocenters. The Morgan fingerprint density at radius 1 is 1.15 bits per heavy atom. The van der Waals surface area contributed by atoms with Gasteiger partial charge in [0, 0.05) is 18.4 Å². The van der Waals surface area contributed by atoms with Crippen molar-refractivity contribution in [3.05, 3.63) is 69.5 Å². The summed E-state index contributed by atoms with van der Waals surface area (Å²) in [6, 6.07) is 8.53. The number of carbonyl (C=O) groups is 1. The van der Waals surface area contributed by atoms with Gasteiger partial charge in [-0.2, -0.15) is 4.73 Å². The summed E-state index contributed by atoms with van der Waals surface area (Å²) < 4.78 is 23.4. The number of hydrogen-bond donors (Lipinski definition) is 1. The number of benzene rings is 1. The second kappa shape index (κ2) is 6.57. The molecule has 0 bridgehead atoms. The maximum Gasteiger partial charge on any atom is 0.317 e. The zero-order valence-corrected chi connectivity index (χ0v) is 15.6. The molecule has 3 rings (SSSR count). The third-order valence-electron chi connectivity index (χ3n) is 4.62. The van der Waals surface area contributed by atoms with Crippen LogP contribution in [0.15, 0.2) is 41.8 Å². The molecule has 7 heteroatoms. The number of hydrogen-bond acceptors (Lipinski definition) is 4. The number of sulfone groups is 1. The Balaban J connectivity index is 1.88. The van der Waals surface area contributed by atoms with Crippen LogP contribution in [0.2, 0.25) is 0 Å². The monoisotopic (exact) mass is 372 g/mol. The van der Waals surface area contributed by atoms with Crippen LogP contribution in [0.4, 0.5) is 0 Å². The Morgan fingerprint density at radius 3 is 2.50 bits per heavy atom. The van der Waals surface area contributed by atoms with Crippen LogP contribution in [-0.4, -0.2) is 26.1 Å². The minimum absolute atomic E-state index is 0.0622. The Bertz CT molecular complexity index is 1030. The second-order valence-corrected chi connectivity index (χ2v) is 8.48. The molecule has 1 aliphatic rings. The number of aromatic nitrogens is 1. The van der Waals surface area contributed by atoms with Crippen molar-refractivity contribution in [3.63, 3.8) is 0 Å². The largest absolute Gasteiger partial charge is 0.618 e. The van der Waals surface area contributed by atoms with Crippen LogP contribution < -0.4 is 10.0 Å². The second-order valence-electron chi connectivity index (χ2n) is 6.55. The molecule has 0 radical (unpaired) electrons. The molecule has 2 aromatic rings. The lowest BCUT2D eigenvalue weighted by atomic mass is 9.99.